The van der Waals surface area contributed by atoms with Gasteiger partial charge in [0, 0.05) is 20.0 Å². The number of carbonyl (C=O) groups is 2. The van der Waals surface area contributed by atoms with Gasteiger partial charge >= 0.3 is 0 Å². The third kappa shape index (κ3) is 3.66. The molecule has 138 valence electrons. The Morgan fingerprint density at radius 2 is 1.77 bits per heavy atom. The predicted molar refractivity (Wildman–Crippen MR) is 108 cm³/mol. The van der Waals surface area contributed by atoms with Crippen LogP contribution in [0.25, 0.3) is 20.4 Å². The lowest BCUT2D eigenvalue weighted by atomic mass is 10.3. The van der Waals surface area contributed by atoms with Crippen molar-refractivity contribution in [1.82, 2.24) is 15.0 Å². The van der Waals surface area contributed by atoms with Crippen LogP contribution in [0.15, 0.2) is 12.1 Å². The first-order valence-electron chi connectivity index (χ1n) is 8.09. The maximum Gasteiger partial charge on any atom is 0.241 e. The van der Waals surface area contributed by atoms with Crippen molar-refractivity contribution in [3.63, 3.8) is 0 Å². The second-order valence-electron chi connectivity index (χ2n) is 5.45. The first kappa shape index (κ1) is 19.0. The molecule has 1 aromatic carbocycles. The van der Waals surface area contributed by atoms with Crippen LogP contribution < -0.4 is 10.3 Å². The fourth-order valence-electron chi connectivity index (χ4n) is 2.60. The van der Waals surface area contributed by atoms with Gasteiger partial charge in [0.05, 0.1) is 20.4 Å². The summed E-state index contributed by atoms with van der Waals surface area (Å²) in [4.78, 5) is 32.6. The van der Waals surface area contributed by atoms with E-state index in [1.807, 2.05) is 31.0 Å². The number of alkyl halides is 1. The van der Waals surface area contributed by atoms with Crippen molar-refractivity contribution in [1.29, 1.82) is 0 Å². The average molecular weight is 412 g/mol. The van der Waals surface area contributed by atoms with Gasteiger partial charge in [-0.1, -0.05) is 36.5 Å². The summed E-state index contributed by atoms with van der Waals surface area (Å²) in [5, 5.41) is 7.38. The SMILES string of the molecule is CCN(CC)N(C(C)=O)c1nc2cc3nc(NC(=O)CCl)sc3cc2s1. The summed E-state index contributed by atoms with van der Waals surface area (Å²) in [5.74, 6) is -0.467. The third-order valence-electron chi connectivity index (χ3n) is 3.75. The van der Waals surface area contributed by atoms with Crippen LogP contribution in [-0.2, 0) is 9.59 Å². The van der Waals surface area contributed by atoms with Crippen molar-refractivity contribution < 1.29 is 9.59 Å². The van der Waals surface area contributed by atoms with Gasteiger partial charge in [0.25, 0.3) is 0 Å². The number of benzene rings is 1. The average Bonchev–Trinajstić information content (AvgIpc) is 3.18. The van der Waals surface area contributed by atoms with Crippen LogP contribution >= 0.6 is 34.3 Å². The summed E-state index contributed by atoms with van der Waals surface area (Å²) in [6, 6.07) is 3.86. The van der Waals surface area contributed by atoms with E-state index < -0.39 is 0 Å². The van der Waals surface area contributed by atoms with Crippen molar-refractivity contribution in [3.05, 3.63) is 12.1 Å². The van der Waals surface area contributed by atoms with Crippen LogP contribution in [0.2, 0.25) is 0 Å². The second-order valence-corrected chi connectivity index (χ2v) is 7.76. The number of rotatable bonds is 6. The Kier molecular flexibility index (Phi) is 5.71. The van der Waals surface area contributed by atoms with Crippen molar-refractivity contribution in [2.45, 2.75) is 20.8 Å². The molecule has 1 N–H and O–H groups in total. The normalized spacial score (nSPS) is 11.4. The van der Waals surface area contributed by atoms with E-state index in [0.717, 1.165) is 20.4 Å². The van der Waals surface area contributed by atoms with Crippen molar-refractivity contribution in [2.75, 3.05) is 29.3 Å². The number of anilines is 2. The van der Waals surface area contributed by atoms with Crippen molar-refractivity contribution in [3.8, 4) is 0 Å². The number of carbonyl (C=O) groups excluding carboxylic acids is 2. The van der Waals surface area contributed by atoms with Gasteiger partial charge in [-0.2, -0.15) is 0 Å². The minimum Gasteiger partial charge on any atom is -0.301 e. The molecule has 0 fully saturated rings. The Labute approximate surface area is 163 Å². The number of hydrogen-bond donors (Lipinski definition) is 1. The van der Waals surface area contributed by atoms with Crippen molar-refractivity contribution in [2.24, 2.45) is 0 Å². The maximum absolute atomic E-state index is 12.1. The van der Waals surface area contributed by atoms with Gasteiger partial charge in [-0.25, -0.2) is 20.0 Å². The predicted octanol–water partition coefficient (Wildman–Crippen LogP) is 3.69. The molecule has 3 rings (SSSR count). The quantitative estimate of drug-likeness (QED) is 0.494. The first-order chi connectivity index (χ1) is 12.5. The van der Waals surface area contributed by atoms with Crippen LogP contribution in [0.4, 0.5) is 10.3 Å². The highest BCUT2D eigenvalue weighted by Crippen LogP contribution is 2.35. The van der Waals surface area contributed by atoms with E-state index in [2.05, 4.69) is 15.3 Å². The lowest BCUT2D eigenvalue weighted by molar-refractivity contribution is -0.119. The van der Waals surface area contributed by atoms with E-state index in [-0.39, 0.29) is 17.7 Å². The summed E-state index contributed by atoms with van der Waals surface area (Å²) in [6.07, 6.45) is 0. The Bertz CT molecular complexity index is 915. The monoisotopic (exact) mass is 411 g/mol. The minimum absolute atomic E-state index is 0.0706. The molecule has 0 saturated carbocycles. The molecule has 0 aliphatic carbocycles. The summed E-state index contributed by atoms with van der Waals surface area (Å²) < 4.78 is 1.90. The molecular formula is C16H18ClN5O2S2. The number of halogens is 1. The zero-order chi connectivity index (χ0) is 18.8. The lowest BCUT2D eigenvalue weighted by Crippen LogP contribution is -2.45. The van der Waals surface area contributed by atoms with Crippen LogP contribution in [0, 0.1) is 0 Å². The summed E-state index contributed by atoms with van der Waals surface area (Å²) in [5.41, 5.74) is 1.53. The highest BCUT2D eigenvalue weighted by molar-refractivity contribution is 7.24. The van der Waals surface area contributed by atoms with Crippen LogP contribution in [0.5, 0.6) is 0 Å². The molecule has 2 amide bonds. The standard InChI is InChI=1S/C16H18ClN5O2S2/c1-4-21(5-2)22(9(3)23)16-19-11-6-10-12(7-13(11)26-16)25-15(18-10)20-14(24)8-17/h6-7H,4-5,8H2,1-3H3,(H,18,20,24). The molecule has 0 aliphatic heterocycles. The van der Waals surface area contributed by atoms with Gasteiger partial charge in [0.2, 0.25) is 16.9 Å². The van der Waals surface area contributed by atoms with E-state index >= 15 is 0 Å². The Balaban J connectivity index is 2.01. The van der Waals surface area contributed by atoms with Crippen molar-refractivity contribution >= 4 is 76.8 Å². The van der Waals surface area contributed by atoms with Gasteiger partial charge in [0.1, 0.15) is 5.88 Å². The highest BCUT2D eigenvalue weighted by atomic mass is 35.5. The molecule has 26 heavy (non-hydrogen) atoms. The van der Waals surface area contributed by atoms with E-state index in [4.69, 9.17) is 11.6 Å². The molecule has 3 aromatic rings. The molecule has 10 heteroatoms. The molecule has 0 atom stereocenters. The van der Waals surface area contributed by atoms with Gasteiger partial charge in [-0.05, 0) is 12.1 Å². The minimum atomic E-state index is -0.288. The largest absolute Gasteiger partial charge is 0.301 e. The molecule has 2 heterocycles. The number of hydrogen-bond acceptors (Lipinski definition) is 7. The number of nitrogens with zero attached hydrogens (tertiary/aromatic N) is 4. The summed E-state index contributed by atoms with van der Waals surface area (Å²) in [7, 11) is 0. The molecule has 0 unspecified atom stereocenters. The zero-order valence-electron chi connectivity index (χ0n) is 14.6. The smallest absolute Gasteiger partial charge is 0.241 e. The topological polar surface area (TPSA) is 78.4 Å². The van der Waals surface area contributed by atoms with Gasteiger partial charge in [-0.15, -0.1) is 11.6 Å². The maximum atomic E-state index is 12.1. The number of fused-ring (bicyclic) bond motifs is 2. The van der Waals surface area contributed by atoms with E-state index in [9.17, 15) is 9.59 Å². The molecular weight excluding hydrogens is 394 g/mol. The number of amides is 2. The van der Waals surface area contributed by atoms with Crippen LogP contribution in [0.3, 0.4) is 0 Å². The first-order valence-corrected chi connectivity index (χ1v) is 10.3. The van der Waals surface area contributed by atoms with E-state index in [1.54, 1.807) is 5.01 Å². The van der Waals surface area contributed by atoms with E-state index in [1.165, 1.54) is 29.6 Å². The number of nitrogens with one attached hydrogen (secondary N) is 1. The van der Waals surface area contributed by atoms with Crippen LogP contribution in [0.1, 0.15) is 20.8 Å². The van der Waals surface area contributed by atoms with Gasteiger partial charge < -0.3 is 5.32 Å². The number of hydrazine groups is 1. The Morgan fingerprint density at radius 3 is 2.38 bits per heavy atom. The molecule has 0 spiro atoms. The highest BCUT2D eigenvalue weighted by Gasteiger charge is 2.22. The van der Waals surface area contributed by atoms with Crippen LogP contribution in [-0.4, -0.2) is 45.8 Å². The van der Waals surface area contributed by atoms with Gasteiger partial charge in [0.15, 0.2) is 5.13 Å². The number of aromatic nitrogens is 2. The zero-order valence-corrected chi connectivity index (χ0v) is 17.0. The summed E-state index contributed by atoms with van der Waals surface area (Å²) in [6.45, 7) is 6.97. The Hall–Kier alpha value is -1.81. The summed E-state index contributed by atoms with van der Waals surface area (Å²) >= 11 is 8.35. The third-order valence-corrected chi connectivity index (χ3v) is 5.92. The molecule has 0 radical (unpaired) electrons. The number of thiazole rings is 2. The molecule has 7 nitrogen and oxygen atoms in total. The Morgan fingerprint density at radius 1 is 1.12 bits per heavy atom. The fourth-order valence-corrected chi connectivity index (χ4v) is 4.70. The molecule has 0 saturated heterocycles. The van der Waals surface area contributed by atoms with E-state index in [0.29, 0.717) is 23.4 Å². The second kappa shape index (κ2) is 7.83. The molecule has 0 bridgehead atoms. The fraction of sp³-hybridized carbons (Fsp3) is 0.375. The van der Waals surface area contributed by atoms with Gasteiger partial charge in [-0.3, -0.25) is 9.59 Å². The molecule has 2 aromatic heterocycles. The molecule has 0 aliphatic rings. The lowest BCUT2D eigenvalue weighted by Gasteiger charge is -2.30.